The van der Waals surface area contributed by atoms with Gasteiger partial charge < -0.3 is 4.90 Å². The van der Waals surface area contributed by atoms with Crippen LogP contribution in [-0.4, -0.2) is 13.1 Å². The van der Waals surface area contributed by atoms with E-state index >= 15 is 0 Å². The molecule has 0 aliphatic heterocycles. The Morgan fingerprint density at radius 3 is 1.36 bits per heavy atom. The van der Waals surface area contributed by atoms with Crippen molar-refractivity contribution in [3.8, 4) is 0 Å². The maximum Gasteiger partial charge on any atom is 0.0371 e. The average Bonchev–Trinajstić information content (AvgIpc) is 2.69. The minimum atomic E-state index is 0.873. The van der Waals surface area contributed by atoms with Gasteiger partial charge in [0.2, 0.25) is 0 Å². The Bertz CT molecular complexity index is 738. The molecule has 0 aliphatic rings. The molecule has 0 heterocycles. The predicted octanol–water partition coefficient (Wildman–Crippen LogP) is 5.92. The SMILES string of the molecule is C(=C\c1ccccc1)/CN(C/C=C/c1ccccc1)c1ccccc1. The lowest BCUT2D eigenvalue weighted by Crippen LogP contribution is -2.23. The molecule has 3 rings (SSSR count). The molecule has 1 nitrogen and oxygen atoms in total. The first-order valence-electron chi connectivity index (χ1n) is 8.65. The largest absolute Gasteiger partial charge is 0.364 e. The van der Waals surface area contributed by atoms with E-state index in [1.54, 1.807) is 0 Å². The van der Waals surface area contributed by atoms with E-state index in [-0.39, 0.29) is 0 Å². The molecule has 0 atom stereocenters. The molecule has 25 heavy (non-hydrogen) atoms. The van der Waals surface area contributed by atoms with Crippen LogP contribution in [0.5, 0.6) is 0 Å². The summed E-state index contributed by atoms with van der Waals surface area (Å²) in [6.45, 7) is 1.75. The molecule has 0 unspecified atom stereocenters. The molecule has 0 fully saturated rings. The summed E-state index contributed by atoms with van der Waals surface area (Å²) in [5.74, 6) is 0. The zero-order valence-corrected chi connectivity index (χ0v) is 14.3. The molecule has 0 radical (unpaired) electrons. The van der Waals surface area contributed by atoms with E-state index in [4.69, 9.17) is 0 Å². The number of benzene rings is 3. The van der Waals surface area contributed by atoms with Gasteiger partial charge in [0.15, 0.2) is 0 Å². The number of hydrogen-bond donors (Lipinski definition) is 0. The van der Waals surface area contributed by atoms with Gasteiger partial charge in [0.05, 0.1) is 0 Å². The van der Waals surface area contributed by atoms with Crippen LogP contribution >= 0.6 is 0 Å². The van der Waals surface area contributed by atoms with Crippen LogP contribution in [0.4, 0.5) is 5.69 Å². The average molecular weight is 325 g/mol. The van der Waals surface area contributed by atoms with Crippen LogP contribution in [0.25, 0.3) is 12.2 Å². The molecule has 0 spiro atoms. The van der Waals surface area contributed by atoms with E-state index in [9.17, 15) is 0 Å². The fraction of sp³-hybridized carbons (Fsp3) is 0.0833. The van der Waals surface area contributed by atoms with E-state index in [1.807, 2.05) is 12.1 Å². The van der Waals surface area contributed by atoms with Gasteiger partial charge >= 0.3 is 0 Å². The minimum Gasteiger partial charge on any atom is -0.364 e. The lowest BCUT2D eigenvalue weighted by atomic mass is 10.2. The van der Waals surface area contributed by atoms with Crippen LogP contribution in [0.2, 0.25) is 0 Å². The maximum atomic E-state index is 2.36. The van der Waals surface area contributed by atoms with Gasteiger partial charge in [-0.2, -0.15) is 0 Å². The van der Waals surface area contributed by atoms with E-state index in [1.165, 1.54) is 16.8 Å². The first kappa shape index (κ1) is 16.8. The van der Waals surface area contributed by atoms with Gasteiger partial charge in [-0.25, -0.2) is 0 Å². The second kappa shape index (κ2) is 9.29. The third kappa shape index (κ3) is 5.50. The van der Waals surface area contributed by atoms with Crippen molar-refractivity contribution in [2.75, 3.05) is 18.0 Å². The zero-order valence-electron chi connectivity index (χ0n) is 14.3. The zero-order chi connectivity index (χ0) is 17.2. The highest BCUT2D eigenvalue weighted by Gasteiger charge is 2.01. The molecule has 124 valence electrons. The summed E-state index contributed by atoms with van der Waals surface area (Å²) < 4.78 is 0. The van der Waals surface area contributed by atoms with Gasteiger partial charge in [-0.05, 0) is 23.3 Å². The topological polar surface area (TPSA) is 3.24 Å². The minimum absolute atomic E-state index is 0.873. The van der Waals surface area contributed by atoms with Crippen molar-refractivity contribution in [2.45, 2.75) is 0 Å². The Morgan fingerprint density at radius 1 is 0.520 bits per heavy atom. The lowest BCUT2D eigenvalue weighted by molar-refractivity contribution is 0.958. The van der Waals surface area contributed by atoms with Crippen molar-refractivity contribution in [1.82, 2.24) is 0 Å². The molecular weight excluding hydrogens is 302 g/mol. The number of rotatable bonds is 7. The third-order valence-electron chi connectivity index (χ3n) is 3.99. The molecule has 0 amide bonds. The van der Waals surface area contributed by atoms with Crippen LogP contribution in [0.1, 0.15) is 11.1 Å². The fourth-order valence-electron chi connectivity index (χ4n) is 2.68. The molecule has 0 aliphatic carbocycles. The van der Waals surface area contributed by atoms with Crippen molar-refractivity contribution in [3.05, 3.63) is 114 Å². The first-order chi connectivity index (χ1) is 12.4. The smallest absolute Gasteiger partial charge is 0.0371 e. The highest BCUT2D eigenvalue weighted by Crippen LogP contribution is 2.14. The molecule has 3 aromatic rings. The van der Waals surface area contributed by atoms with Crippen LogP contribution in [0.3, 0.4) is 0 Å². The number of hydrogen-bond acceptors (Lipinski definition) is 1. The second-order valence-corrected chi connectivity index (χ2v) is 5.87. The van der Waals surface area contributed by atoms with Gasteiger partial charge in [-0.1, -0.05) is 103 Å². The van der Waals surface area contributed by atoms with E-state index in [0.717, 1.165) is 13.1 Å². The van der Waals surface area contributed by atoms with Crippen molar-refractivity contribution < 1.29 is 0 Å². The van der Waals surface area contributed by atoms with Crippen LogP contribution in [-0.2, 0) is 0 Å². The molecule has 0 bridgehead atoms. The molecule has 0 N–H and O–H groups in total. The van der Waals surface area contributed by atoms with Crippen LogP contribution in [0.15, 0.2) is 103 Å². The molecule has 0 aromatic heterocycles. The summed E-state index contributed by atoms with van der Waals surface area (Å²) in [6, 6.07) is 31.4. The summed E-state index contributed by atoms with van der Waals surface area (Å²) in [4.78, 5) is 2.36. The summed E-state index contributed by atoms with van der Waals surface area (Å²) in [6.07, 6.45) is 8.80. The highest BCUT2D eigenvalue weighted by atomic mass is 15.1. The van der Waals surface area contributed by atoms with Crippen molar-refractivity contribution in [3.63, 3.8) is 0 Å². The third-order valence-corrected chi connectivity index (χ3v) is 3.99. The molecule has 0 saturated heterocycles. The summed E-state index contributed by atoms with van der Waals surface area (Å²) in [5, 5.41) is 0. The van der Waals surface area contributed by atoms with Gasteiger partial charge in [-0.3, -0.25) is 0 Å². The monoisotopic (exact) mass is 325 g/mol. The van der Waals surface area contributed by atoms with Gasteiger partial charge in [0.25, 0.3) is 0 Å². The number of para-hydroxylation sites is 1. The molecule has 3 aromatic carbocycles. The summed E-state index contributed by atoms with van der Waals surface area (Å²) in [7, 11) is 0. The van der Waals surface area contributed by atoms with Crippen LogP contribution in [0, 0.1) is 0 Å². The highest BCUT2D eigenvalue weighted by molar-refractivity contribution is 5.54. The van der Waals surface area contributed by atoms with Crippen molar-refractivity contribution in [1.29, 1.82) is 0 Å². The maximum absolute atomic E-state index is 2.36. The van der Waals surface area contributed by atoms with Gasteiger partial charge in [0, 0.05) is 18.8 Å². The standard InChI is InChI=1S/C24H23N/c1-4-12-22(13-5-1)16-10-20-25(24-18-8-3-9-19-24)21-11-17-23-14-6-2-7-15-23/h1-19H,20-21H2/b16-10+,17-11+. The number of anilines is 1. The molecule has 0 saturated carbocycles. The quantitative estimate of drug-likeness (QED) is 0.521. The Hall–Kier alpha value is -3.06. The lowest BCUT2D eigenvalue weighted by Gasteiger charge is -2.21. The van der Waals surface area contributed by atoms with E-state index < -0.39 is 0 Å². The molecular formula is C24H23N. The van der Waals surface area contributed by atoms with Gasteiger partial charge in [-0.15, -0.1) is 0 Å². The Labute approximate surface area is 150 Å². The number of nitrogens with zero attached hydrogens (tertiary/aromatic N) is 1. The molecule has 1 heteroatoms. The van der Waals surface area contributed by atoms with Crippen molar-refractivity contribution in [2.24, 2.45) is 0 Å². The van der Waals surface area contributed by atoms with E-state index in [2.05, 4.69) is 108 Å². The Morgan fingerprint density at radius 2 is 0.920 bits per heavy atom. The first-order valence-corrected chi connectivity index (χ1v) is 8.65. The van der Waals surface area contributed by atoms with Gasteiger partial charge in [0.1, 0.15) is 0 Å². The summed E-state index contributed by atoms with van der Waals surface area (Å²) in [5.41, 5.74) is 3.70. The van der Waals surface area contributed by atoms with Crippen LogP contribution < -0.4 is 4.90 Å². The van der Waals surface area contributed by atoms with Crippen molar-refractivity contribution >= 4 is 17.8 Å². The summed E-state index contributed by atoms with van der Waals surface area (Å²) >= 11 is 0. The Kier molecular flexibility index (Phi) is 6.24. The van der Waals surface area contributed by atoms with E-state index in [0.29, 0.717) is 0 Å². The second-order valence-electron chi connectivity index (χ2n) is 5.87. The Balaban J connectivity index is 1.67. The fourth-order valence-corrected chi connectivity index (χ4v) is 2.68. The normalized spacial score (nSPS) is 11.2. The predicted molar refractivity (Wildman–Crippen MR) is 110 cm³/mol.